The number of Topliss-reactive ketones (excluding diaryl/α,β-unsaturated/α-hetero) is 1. The molecule has 0 spiro atoms. The van der Waals surface area contributed by atoms with Crippen LogP contribution in [0.4, 0.5) is 0 Å². The number of unbranched alkanes of at least 4 members (excludes halogenated alkanes) is 1. The Hall–Kier alpha value is -3.54. The molecule has 5 heteroatoms. The van der Waals surface area contributed by atoms with Crippen LogP contribution in [0.5, 0.6) is 0 Å². The van der Waals surface area contributed by atoms with E-state index in [-0.39, 0.29) is 24.3 Å². The summed E-state index contributed by atoms with van der Waals surface area (Å²) < 4.78 is 0. The van der Waals surface area contributed by atoms with Gasteiger partial charge in [-0.3, -0.25) is 9.59 Å². The minimum Gasteiger partial charge on any atom is -0.330 e. The second-order valence-electron chi connectivity index (χ2n) is 9.47. The van der Waals surface area contributed by atoms with Crippen LogP contribution >= 0.6 is 0 Å². The first-order valence-electron chi connectivity index (χ1n) is 12.8. The first kappa shape index (κ1) is 25.5. The zero-order valence-corrected chi connectivity index (χ0v) is 20.7. The summed E-state index contributed by atoms with van der Waals surface area (Å²) in [6.07, 6.45) is 3.59. The van der Waals surface area contributed by atoms with Gasteiger partial charge in [0.2, 0.25) is 0 Å². The van der Waals surface area contributed by atoms with Crippen molar-refractivity contribution in [2.24, 2.45) is 11.5 Å². The number of nitrogens with two attached hydrogens (primary N) is 2. The Balaban J connectivity index is 1.48. The van der Waals surface area contributed by atoms with Crippen molar-refractivity contribution in [3.8, 4) is 0 Å². The molecule has 0 radical (unpaired) electrons. The number of hydrogen-bond donors (Lipinski definition) is 2. The van der Waals surface area contributed by atoms with E-state index in [1.54, 1.807) is 4.90 Å². The highest BCUT2D eigenvalue weighted by molar-refractivity contribution is 6.00. The molecule has 0 aromatic heterocycles. The molecule has 1 amide bonds. The van der Waals surface area contributed by atoms with Crippen molar-refractivity contribution in [1.82, 2.24) is 4.90 Å². The van der Waals surface area contributed by atoms with Crippen molar-refractivity contribution >= 4 is 33.2 Å². The zero-order valence-electron chi connectivity index (χ0n) is 20.7. The predicted octanol–water partition coefficient (Wildman–Crippen LogP) is 5.09. The number of aryl methyl sites for hydroxylation is 1. The number of fused-ring (bicyclic) bond motifs is 2. The summed E-state index contributed by atoms with van der Waals surface area (Å²) in [5.74, 6) is -0.125. The maximum absolute atomic E-state index is 13.5. The van der Waals surface area contributed by atoms with Crippen molar-refractivity contribution in [2.75, 3.05) is 19.6 Å². The largest absolute Gasteiger partial charge is 0.330 e. The molecule has 36 heavy (non-hydrogen) atoms. The quantitative estimate of drug-likeness (QED) is 0.276. The fourth-order valence-electron chi connectivity index (χ4n) is 4.73. The van der Waals surface area contributed by atoms with Crippen molar-refractivity contribution in [1.29, 1.82) is 0 Å². The number of benzene rings is 4. The molecule has 0 heterocycles. The van der Waals surface area contributed by atoms with Gasteiger partial charge < -0.3 is 16.4 Å². The number of hydrogen-bond acceptors (Lipinski definition) is 4. The van der Waals surface area contributed by atoms with Crippen LogP contribution < -0.4 is 11.5 Å². The summed E-state index contributed by atoms with van der Waals surface area (Å²) in [5, 5.41) is 4.40. The number of carbonyl (C=O) groups is 2. The van der Waals surface area contributed by atoms with Crippen molar-refractivity contribution in [3.63, 3.8) is 0 Å². The Morgan fingerprint density at radius 3 is 2.33 bits per heavy atom. The van der Waals surface area contributed by atoms with E-state index >= 15 is 0 Å². The number of amides is 1. The third-order valence-corrected chi connectivity index (χ3v) is 6.69. The van der Waals surface area contributed by atoms with Gasteiger partial charge in [-0.05, 0) is 65.0 Å². The molecule has 0 aliphatic heterocycles. The highest BCUT2D eigenvalue weighted by Crippen LogP contribution is 2.21. The Labute approximate surface area is 213 Å². The number of rotatable bonds is 12. The lowest BCUT2D eigenvalue weighted by Crippen LogP contribution is -2.43. The summed E-state index contributed by atoms with van der Waals surface area (Å²) in [5.41, 5.74) is 13.7. The van der Waals surface area contributed by atoms with E-state index in [4.69, 9.17) is 11.5 Å². The van der Waals surface area contributed by atoms with Gasteiger partial charge in [-0.1, -0.05) is 79.2 Å². The Morgan fingerprint density at radius 1 is 0.806 bits per heavy atom. The van der Waals surface area contributed by atoms with Gasteiger partial charge in [0, 0.05) is 24.6 Å². The minimum absolute atomic E-state index is 0.0335. The van der Waals surface area contributed by atoms with E-state index in [0.29, 0.717) is 31.5 Å². The van der Waals surface area contributed by atoms with Gasteiger partial charge in [-0.15, -0.1) is 0 Å². The summed E-state index contributed by atoms with van der Waals surface area (Å²) in [6, 6.07) is 27.8. The molecular formula is C31H35N3O2. The Bertz CT molecular complexity index is 1330. The number of nitrogens with zero attached hydrogens (tertiary/aromatic N) is 1. The SMILES string of the molecule is NCCCC[C@H](N)CN(CC(=O)CCc1cccc2ccccc12)C(=O)c1ccc2ccccc2c1. The average molecular weight is 482 g/mol. The monoisotopic (exact) mass is 481 g/mol. The molecule has 0 bridgehead atoms. The van der Waals surface area contributed by atoms with E-state index in [9.17, 15) is 9.59 Å². The van der Waals surface area contributed by atoms with E-state index in [1.807, 2.05) is 60.7 Å². The van der Waals surface area contributed by atoms with Crippen LogP contribution in [0.1, 0.15) is 41.6 Å². The van der Waals surface area contributed by atoms with Gasteiger partial charge in [0.1, 0.15) is 0 Å². The highest BCUT2D eigenvalue weighted by atomic mass is 16.2. The first-order valence-corrected chi connectivity index (χ1v) is 12.8. The third-order valence-electron chi connectivity index (χ3n) is 6.69. The molecule has 5 nitrogen and oxygen atoms in total. The van der Waals surface area contributed by atoms with Crippen LogP contribution in [-0.2, 0) is 11.2 Å². The molecule has 4 N–H and O–H groups in total. The van der Waals surface area contributed by atoms with Crippen LogP contribution in [0.25, 0.3) is 21.5 Å². The molecule has 0 unspecified atom stereocenters. The smallest absolute Gasteiger partial charge is 0.254 e. The van der Waals surface area contributed by atoms with Crippen molar-refractivity contribution in [3.05, 3.63) is 96.1 Å². The molecule has 4 aromatic rings. The molecule has 4 rings (SSSR count). The zero-order chi connectivity index (χ0) is 25.3. The van der Waals surface area contributed by atoms with Crippen molar-refractivity contribution in [2.45, 2.75) is 38.1 Å². The second kappa shape index (κ2) is 12.4. The molecule has 0 aliphatic rings. The molecule has 4 aromatic carbocycles. The maximum Gasteiger partial charge on any atom is 0.254 e. The maximum atomic E-state index is 13.5. The third kappa shape index (κ3) is 6.56. The predicted molar refractivity (Wildman–Crippen MR) is 148 cm³/mol. The molecule has 0 fully saturated rings. The molecule has 0 saturated heterocycles. The molecular weight excluding hydrogens is 446 g/mol. The van der Waals surface area contributed by atoms with Gasteiger partial charge >= 0.3 is 0 Å². The fourth-order valence-corrected chi connectivity index (χ4v) is 4.73. The van der Waals surface area contributed by atoms with Crippen LogP contribution in [-0.4, -0.2) is 42.3 Å². The normalized spacial score (nSPS) is 12.1. The average Bonchev–Trinajstić information content (AvgIpc) is 2.91. The molecule has 0 aliphatic carbocycles. The van der Waals surface area contributed by atoms with Gasteiger partial charge in [-0.25, -0.2) is 0 Å². The van der Waals surface area contributed by atoms with E-state index in [0.717, 1.165) is 35.6 Å². The summed E-state index contributed by atoms with van der Waals surface area (Å²) in [4.78, 5) is 28.3. The topological polar surface area (TPSA) is 89.4 Å². The first-order chi connectivity index (χ1) is 17.5. The summed E-state index contributed by atoms with van der Waals surface area (Å²) in [6.45, 7) is 1.02. The highest BCUT2D eigenvalue weighted by Gasteiger charge is 2.21. The van der Waals surface area contributed by atoms with Crippen LogP contribution in [0.15, 0.2) is 84.9 Å². The van der Waals surface area contributed by atoms with Crippen LogP contribution in [0, 0.1) is 0 Å². The van der Waals surface area contributed by atoms with Crippen LogP contribution in [0.3, 0.4) is 0 Å². The molecule has 0 saturated carbocycles. The van der Waals surface area contributed by atoms with E-state index in [2.05, 4.69) is 24.3 Å². The van der Waals surface area contributed by atoms with Gasteiger partial charge in [0.25, 0.3) is 5.91 Å². The van der Waals surface area contributed by atoms with Crippen LogP contribution in [0.2, 0.25) is 0 Å². The number of carbonyl (C=O) groups excluding carboxylic acids is 2. The van der Waals surface area contributed by atoms with Gasteiger partial charge in [-0.2, -0.15) is 0 Å². The van der Waals surface area contributed by atoms with Crippen molar-refractivity contribution < 1.29 is 9.59 Å². The Kier molecular flexibility index (Phi) is 8.82. The van der Waals surface area contributed by atoms with Gasteiger partial charge in [0.05, 0.1) is 6.54 Å². The number of ketones is 1. The van der Waals surface area contributed by atoms with Gasteiger partial charge in [0.15, 0.2) is 5.78 Å². The fraction of sp³-hybridized carbons (Fsp3) is 0.290. The van der Waals surface area contributed by atoms with E-state index < -0.39 is 0 Å². The summed E-state index contributed by atoms with van der Waals surface area (Å²) >= 11 is 0. The standard InChI is InChI=1S/C31H35N3O2/c32-19-6-5-13-28(33)21-34(31(36)27-16-15-23-8-1-2-10-26(23)20-27)22-29(35)18-17-25-12-7-11-24-9-3-4-14-30(24)25/h1-4,7-12,14-16,20,28H,5-6,13,17-19,21-22,32-33H2/t28-/m0/s1. The second-order valence-corrected chi connectivity index (χ2v) is 9.47. The molecule has 1 atom stereocenters. The lowest BCUT2D eigenvalue weighted by atomic mass is 9.99. The lowest BCUT2D eigenvalue weighted by Gasteiger charge is -2.26. The summed E-state index contributed by atoms with van der Waals surface area (Å²) in [7, 11) is 0. The minimum atomic E-state index is -0.202. The molecule has 186 valence electrons. The lowest BCUT2D eigenvalue weighted by molar-refractivity contribution is -0.119. The Morgan fingerprint density at radius 2 is 1.53 bits per heavy atom. The van der Waals surface area contributed by atoms with E-state index in [1.165, 1.54) is 10.8 Å².